The van der Waals surface area contributed by atoms with E-state index in [2.05, 4.69) is 0 Å². The third-order valence-corrected chi connectivity index (χ3v) is 6.42. The second-order valence-corrected chi connectivity index (χ2v) is 8.66. The van der Waals surface area contributed by atoms with Crippen LogP contribution in [0, 0.1) is 20.8 Å². The Morgan fingerprint density at radius 1 is 1.03 bits per heavy atom. The first-order valence-electron chi connectivity index (χ1n) is 9.90. The maximum atomic E-state index is 13.2. The average Bonchev–Trinajstić information content (AvgIpc) is 3.36. The second kappa shape index (κ2) is 8.04. The molecule has 0 saturated carbocycles. The van der Waals surface area contributed by atoms with Crippen LogP contribution in [0.25, 0.3) is 5.76 Å². The number of ketones is 1. The molecule has 0 spiro atoms. The van der Waals surface area contributed by atoms with Gasteiger partial charge in [0.15, 0.2) is 0 Å². The van der Waals surface area contributed by atoms with Crippen molar-refractivity contribution >= 4 is 34.5 Å². The summed E-state index contributed by atoms with van der Waals surface area (Å²) in [5.41, 5.74) is 3.88. The summed E-state index contributed by atoms with van der Waals surface area (Å²) >= 11 is 1.44. The Hall–Kier alpha value is -3.38. The highest BCUT2D eigenvalue weighted by atomic mass is 32.1. The van der Waals surface area contributed by atoms with Crippen LogP contribution in [0.4, 0.5) is 5.69 Å². The standard InChI is InChI=1S/C25H23NO4S/c1-14-8-10-19(30-4)17(12-14)23(27)21-22(20-6-5-11-31-20)26(25(29)24(21)28)18-13-15(2)7-9-16(18)3/h5-13,22,27H,1-4H3/b23-21-. The average molecular weight is 434 g/mol. The van der Waals surface area contributed by atoms with E-state index in [4.69, 9.17) is 4.74 Å². The molecule has 1 aliphatic rings. The number of aliphatic hydroxyl groups excluding tert-OH is 1. The lowest BCUT2D eigenvalue weighted by atomic mass is 9.98. The van der Waals surface area contributed by atoms with Crippen LogP contribution < -0.4 is 9.64 Å². The highest BCUT2D eigenvalue weighted by molar-refractivity contribution is 7.10. The number of aryl methyl sites for hydroxylation is 3. The van der Waals surface area contributed by atoms with E-state index in [1.165, 1.54) is 23.3 Å². The van der Waals surface area contributed by atoms with Crippen molar-refractivity contribution in [3.63, 3.8) is 0 Å². The van der Waals surface area contributed by atoms with E-state index >= 15 is 0 Å². The number of rotatable bonds is 4. The number of carbonyl (C=O) groups excluding carboxylic acids is 2. The zero-order valence-corrected chi connectivity index (χ0v) is 18.6. The molecule has 1 aliphatic heterocycles. The summed E-state index contributed by atoms with van der Waals surface area (Å²) < 4.78 is 5.41. The second-order valence-electron chi connectivity index (χ2n) is 7.68. The van der Waals surface area contributed by atoms with Crippen LogP contribution in [-0.4, -0.2) is 23.9 Å². The number of hydrogen-bond acceptors (Lipinski definition) is 5. The van der Waals surface area contributed by atoms with Gasteiger partial charge in [0.05, 0.1) is 18.2 Å². The first-order valence-corrected chi connectivity index (χ1v) is 10.8. The lowest BCUT2D eigenvalue weighted by Crippen LogP contribution is -2.29. The predicted octanol–water partition coefficient (Wildman–Crippen LogP) is 5.31. The van der Waals surface area contributed by atoms with Crippen LogP contribution in [0.5, 0.6) is 5.75 Å². The number of anilines is 1. The van der Waals surface area contributed by atoms with Gasteiger partial charge < -0.3 is 9.84 Å². The number of nitrogens with zero attached hydrogens (tertiary/aromatic N) is 1. The molecule has 5 nitrogen and oxygen atoms in total. The van der Waals surface area contributed by atoms with Crippen LogP contribution in [0.2, 0.25) is 0 Å². The van der Waals surface area contributed by atoms with Gasteiger partial charge in [0.1, 0.15) is 17.6 Å². The Bertz CT molecular complexity index is 1210. The van der Waals surface area contributed by atoms with Gasteiger partial charge in [-0.15, -0.1) is 11.3 Å². The molecule has 31 heavy (non-hydrogen) atoms. The van der Waals surface area contributed by atoms with Gasteiger partial charge in [-0.05, 0) is 61.5 Å². The molecule has 0 radical (unpaired) electrons. The molecule has 1 saturated heterocycles. The minimum Gasteiger partial charge on any atom is -0.507 e. The van der Waals surface area contributed by atoms with E-state index in [0.717, 1.165) is 21.6 Å². The van der Waals surface area contributed by atoms with Crippen LogP contribution in [0.1, 0.15) is 33.2 Å². The summed E-state index contributed by atoms with van der Waals surface area (Å²) in [7, 11) is 1.51. The number of carbonyl (C=O) groups is 2. The van der Waals surface area contributed by atoms with Gasteiger partial charge in [-0.3, -0.25) is 14.5 Å². The third kappa shape index (κ3) is 3.53. The van der Waals surface area contributed by atoms with Gasteiger partial charge in [0.2, 0.25) is 0 Å². The van der Waals surface area contributed by atoms with Crippen LogP contribution in [0.15, 0.2) is 59.5 Å². The molecule has 1 aromatic heterocycles. The SMILES string of the molecule is COc1ccc(C)cc1/C(O)=C1/C(=O)C(=O)N(c2cc(C)ccc2C)C1c1cccs1. The summed E-state index contributed by atoms with van der Waals surface area (Å²) in [6, 6.07) is 14.2. The summed E-state index contributed by atoms with van der Waals surface area (Å²) in [5, 5.41) is 13.2. The van der Waals surface area contributed by atoms with Gasteiger partial charge >= 0.3 is 0 Å². The van der Waals surface area contributed by atoms with Crippen molar-refractivity contribution in [3.05, 3.63) is 86.6 Å². The van der Waals surface area contributed by atoms with E-state index in [-0.39, 0.29) is 11.3 Å². The van der Waals surface area contributed by atoms with E-state index < -0.39 is 17.7 Å². The van der Waals surface area contributed by atoms with Gasteiger partial charge in [0.25, 0.3) is 11.7 Å². The van der Waals surface area contributed by atoms with E-state index in [1.54, 1.807) is 12.1 Å². The molecular weight excluding hydrogens is 410 g/mol. The fourth-order valence-electron chi connectivity index (χ4n) is 3.93. The van der Waals surface area contributed by atoms with Crippen molar-refractivity contribution in [2.24, 2.45) is 0 Å². The Kier molecular flexibility index (Phi) is 5.41. The Balaban J connectivity index is 1.99. The summed E-state index contributed by atoms with van der Waals surface area (Å²) in [4.78, 5) is 28.8. The van der Waals surface area contributed by atoms with Crippen molar-refractivity contribution in [3.8, 4) is 5.75 Å². The lowest BCUT2D eigenvalue weighted by Gasteiger charge is -2.26. The van der Waals surface area contributed by atoms with Crippen LogP contribution in [0.3, 0.4) is 0 Å². The Morgan fingerprint density at radius 3 is 2.42 bits per heavy atom. The zero-order chi connectivity index (χ0) is 22.3. The van der Waals surface area contributed by atoms with Crippen molar-refractivity contribution in [1.29, 1.82) is 0 Å². The molecule has 1 atom stereocenters. The summed E-state index contributed by atoms with van der Waals surface area (Å²) in [6.07, 6.45) is 0. The highest BCUT2D eigenvalue weighted by Crippen LogP contribution is 2.45. The first kappa shape index (κ1) is 20.9. The number of benzene rings is 2. The molecule has 4 rings (SSSR count). The molecular formula is C25H23NO4S. The highest BCUT2D eigenvalue weighted by Gasteiger charge is 2.48. The predicted molar refractivity (Wildman–Crippen MR) is 123 cm³/mol. The van der Waals surface area contributed by atoms with Crippen molar-refractivity contribution in [1.82, 2.24) is 0 Å². The lowest BCUT2D eigenvalue weighted by molar-refractivity contribution is -0.132. The fraction of sp³-hybridized carbons (Fsp3) is 0.200. The fourth-order valence-corrected chi connectivity index (χ4v) is 4.75. The number of hydrogen-bond donors (Lipinski definition) is 1. The number of amides is 1. The normalized spacial score (nSPS) is 17.9. The monoisotopic (exact) mass is 433 g/mol. The molecule has 1 amide bonds. The molecule has 1 unspecified atom stereocenters. The molecule has 6 heteroatoms. The maximum Gasteiger partial charge on any atom is 0.300 e. The largest absolute Gasteiger partial charge is 0.507 e. The summed E-state index contributed by atoms with van der Waals surface area (Å²) in [5.74, 6) is -1.16. The van der Waals surface area contributed by atoms with Crippen LogP contribution >= 0.6 is 11.3 Å². The number of thiophene rings is 1. The Labute approximate surface area is 185 Å². The number of ether oxygens (including phenoxy) is 1. The third-order valence-electron chi connectivity index (χ3n) is 5.49. The van der Waals surface area contributed by atoms with E-state index in [0.29, 0.717) is 17.0 Å². The van der Waals surface area contributed by atoms with Crippen molar-refractivity contribution in [2.45, 2.75) is 26.8 Å². The maximum absolute atomic E-state index is 13.2. The molecule has 158 valence electrons. The molecule has 0 bridgehead atoms. The van der Waals surface area contributed by atoms with Gasteiger partial charge in [-0.1, -0.05) is 29.8 Å². The quantitative estimate of drug-likeness (QED) is 0.344. The van der Waals surface area contributed by atoms with Gasteiger partial charge in [-0.25, -0.2) is 0 Å². The zero-order valence-electron chi connectivity index (χ0n) is 17.8. The van der Waals surface area contributed by atoms with Crippen LogP contribution in [-0.2, 0) is 9.59 Å². The molecule has 1 N–H and O–H groups in total. The smallest absolute Gasteiger partial charge is 0.300 e. The first-order chi connectivity index (χ1) is 14.8. The number of aliphatic hydroxyl groups is 1. The van der Waals surface area contributed by atoms with Crippen molar-refractivity contribution in [2.75, 3.05) is 12.0 Å². The van der Waals surface area contributed by atoms with Crippen molar-refractivity contribution < 1.29 is 19.4 Å². The minimum absolute atomic E-state index is 0.0669. The van der Waals surface area contributed by atoms with Gasteiger partial charge in [-0.2, -0.15) is 0 Å². The molecule has 0 aliphatic carbocycles. The molecule has 3 aromatic rings. The molecule has 1 fully saturated rings. The van der Waals surface area contributed by atoms with E-state index in [1.807, 2.05) is 62.5 Å². The van der Waals surface area contributed by atoms with Gasteiger partial charge in [0, 0.05) is 10.6 Å². The summed E-state index contributed by atoms with van der Waals surface area (Å²) in [6.45, 7) is 5.74. The minimum atomic E-state index is -0.717. The molecule has 2 aromatic carbocycles. The number of Topliss-reactive ketones (excluding diaryl/α,β-unsaturated/α-hetero) is 1. The Morgan fingerprint density at radius 2 is 1.74 bits per heavy atom. The topological polar surface area (TPSA) is 66.8 Å². The number of methoxy groups -OCH3 is 1. The molecule has 2 heterocycles. The van der Waals surface area contributed by atoms with E-state index in [9.17, 15) is 14.7 Å².